The Morgan fingerprint density at radius 3 is 2.93 bits per heavy atom. The summed E-state index contributed by atoms with van der Waals surface area (Å²) in [7, 11) is 0. The minimum atomic E-state index is 0.192. The average molecular weight is 385 g/mol. The smallest absolute Gasteiger partial charge is 0.163 e. The molecule has 0 radical (unpaired) electrons. The van der Waals surface area contributed by atoms with Gasteiger partial charge < -0.3 is 9.88 Å². The van der Waals surface area contributed by atoms with Crippen molar-refractivity contribution in [2.24, 2.45) is 0 Å². The fourth-order valence-electron chi connectivity index (χ4n) is 5.05. The highest BCUT2D eigenvalue weighted by Crippen LogP contribution is 2.43. The molecule has 1 aliphatic carbocycles. The number of nitrogens with one attached hydrogen (secondary N) is 1. The summed E-state index contributed by atoms with van der Waals surface area (Å²) in [5.41, 5.74) is 3.08. The number of nitrogens with zero attached hydrogens (tertiary/aromatic N) is 6. The third-order valence-corrected chi connectivity index (χ3v) is 6.40. The standard InChI is InChI=1S/C22H23N7/c1-2-17-22-27-25-13-28(22)18-12-24-20(16-9-5-6-14-10-11-23-19(14)16)26-21(18)29(17)15-7-3-4-8-15/h5-6,9-13,15,17,23H,2-4,7-8H2,1H3. The summed E-state index contributed by atoms with van der Waals surface area (Å²) in [6.45, 7) is 2.22. The van der Waals surface area contributed by atoms with Gasteiger partial charge >= 0.3 is 0 Å². The van der Waals surface area contributed by atoms with Crippen molar-refractivity contribution in [3.8, 4) is 17.1 Å². The van der Waals surface area contributed by atoms with Gasteiger partial charge in [0.1, 0.15) is 12.0 Å². The van der Waals surface area contributed by atoms with E-state index >= 15 is 0 Å². The Morgan fingerprint density at radius 2 is 2.07 bits per heavy atom. The van der Waals surface area contributed by atoms with Crippen LogP contribution >= 0.6 is 0 Å². The first kappa shape index (κ1) is 16.7. The predicted octanol–water partition coefficient (Wildman–Crippen LogP) is 4.42. The molecule has 1 aromatic carbocycles. The number of hydrogen-bond acceptors (Lipinski definition) is 5. The Hall–Kier alpha value is -3.22. The van der Waals surface area contributed by atoms with Crippen LogP contribution in [0.5, 0.6) is 0 Å². The summed E-state index contributed by atoms with van der Waals surface area (Å²) in [5.74, 6) is 2.76. The number of para-hydroxylation sites is 1. The summed E-state index contributed by atoms with van der Waals surface area (Å²) in [6.07, 6.45) is 11.6. The number of benzene rings is 1. The molecule has 1 saturated carbocycles. The first-order valence-corrected chi connectivity index (χ1v) is 10.5. The largest absolute Gasteiger partial charge is 0.361 e. The summed E-state index contributed by atoms with van der Waals surface area (Å²) in [5, 5.41) is 9.83. The van der Waals surface area contributed by atoms with Crippen LogP contribution in [0, 0.1) is 0 Å². The molecule has 1 unspecified atom stereocenters. The molecule has 7 heteroatoms. The van der Waals surface area contributed by atoms with E-state index in [0.717, 1.165) is 40.7 Å². The summed E-state index contributed by atoms with van der Waals surface area (Å²) in [4.78, 5) is 15.7. The molecule has 0 saturated heterocycles. The minimum absolute atomic E-state index is 0.192. The number of anilines is 1. The molecule has 0 amide bonds. The van der Waals surface area contributed by atoms with Crippen molar-refractivity contribution in [2.45, 2.75) is 51.1 Å². The van der Waals surface area contributed by atoms with E-state index in [1.54, 1.807) is 6.33 Å². The SMILES string of the molecule is CCC1c2nncn2-c2cnc(-c3cccc4cc[nH]c34)nc2N1C1CCCC1. The monoisotopic (exact) mass is 385 g/mol. The molecule has 6 rings (SSSR count). The van der Waals surface area contributed by atoms with Crippen LogP contribution in [0.1, 0.15) is 50.9 Å². The van der Waals surface area contributed by atoms with Gasteiger partial charge in [-0.25, -0.2) is 9.97 Å². The van der Waals surface area contributed by atoms with E-state index in [0.29, 0.717) is 6.04 Å². The highest BCUT2D eigenvalue weighted by molar-refractivity contribution is 5.92. The van der Waals surface area contributed by atoms with Crippen LogP contribution in [0.25, 0.3) is 28.0 Å². The molecular weight excluding hydrogens is 362 g/mol. The molecule has 0 spiro atoms. The zero-order valence-corrected chi connectivity index (χ0v) is 16.4. The first-order chi connectivity index (χ1) is 14.3. The maximum atomic E-state index is 5.13. The fourth-order valence-corrected chi connectivity index (χ4v) is 5.05. The second-order valence-corrected chi connectivity index (χ2v) is 7.98. The van der Waals surface area contributed by atoms with E-state index in [2.05, 4.69) is 55.8 Å². The molecular formula is C22H23N7. The van der Waals surface area contributed by atoms with Crippen LogP contribution in [-0.2, 0) is 0 Å². The number of fused-ring (bicyclic) bond motifs is 4. The Morgan fingerprint density at radius 1 is 1.17 bits per heavy atom. The molecule has 1 N–H and O–H groups in total. The van der Waals surface area contributed by atoms with Crippen LogP contribution in [0.4, 0.5) is 5.82 Å². The van der Waals surface area contributed by atoms with Crippen molar-refractivity contribution in [3.05, 3.63) is 48.8 Å². The van der Waals surface area contributed by atoms with Crippen LogP contribution in [0.15, 0.2) is 43.0 Å². The minimum Gasteiger partial charge on any atom is -0.361 e. The number of aromatic amines is 1. The zero-order chi connectivity index (χ0) is 19.4. The molecule has 3 aromatic heterocycles. The third-order valence-electron chi connectivity index (χ3n) is 6.40. The van der Waals surface area contributed by atoms with Gasteiger partial charge in [-0.3, -0.25) is 4.57 Å². The first-order valence-electron chi connectivity index (χ1n) is 10.5. The molecule has 1 aliphatic heterocycles. The zero-order valence-electron chi connectivity index (χ0n) is 16.4. The lowest BCUT2D eigenvalue weighted by Gasteiger charge is -2.40. The van der Waals surface area contributed by atoms with Gasteiger partial charge in [-0.15, -0.1) is 10.2 Å². The quantitative estimate of drug-likeness (QED) is 0.565. The number of hydrogen-bond donors (Lipinski definition) is 1. The van der Waals surface area contributed by atoms with Crippen LogP contribution in [0.3, 0.4) is 0 Å². The molecule has 7 nitrogen and oxygen atoms in total. The molecule has 2 aliphatic rings. The van der Waals surface area contributed by atoms with Gasteiger partial charge in [0.15, 0.2) is 17.5 Å². The second-order valence-electron chi connectivity index (χ2n) is 7.98. The normalized spacial score (nSPS) is 18.9. The number of aromatic nitrogens is 6. The summed E-state index contributed by atoms with van der Waals surface area (Å²) < 4.78 is 2.06. The van der Waals surface area contributed by atoms with Gasteiger partial charge in [-0.2, -0.15) is 0 Å². The van der Waals surface area contributed by atoms with Crippen LogP contribution in [0.2, 0.25) is 0 Å². The number of rotatable bonds is 3. The van der Waals surface area contributed by atoms with Gasteiger partial charge in [-0.05, 0) is 31.4 Å². The Bertz CT molecular complexity index is 1180. The molecule has 146 valence electrons. The molecule has 29 heavy (non-hydrogen) atoms. The molecule has 0 bridgehead atoms. The van der Waals surface area contributed by atoms with Crippen molar-refractivity contribution in [1.29, 1.82) is 0 Å². The van der Waals surface area contributed by atoms with E-state index in [9.17, 15) is 0 Å². The molecule has 1 atom stereocenters. The van der Waals surface area contributed by atoms with Crippen molar-refractivity contribution in [1.82, 2.24) is 29.7 Å². The van der Waals surface area contributed by atoms with Crippen LogP contribution < -0.4 is 4.90 Å². The highest BCUT2D eigenvalue weighted by Gasteiger charge is 2.38. The van der Waals surface area contributed by atoms with Crippen molar-refractivity contribution >= 4 is 16.7 Å². The lowest BCUT2D eigenvalue weighted by Crippen LogP contribution is -2.42. The number of H-pyrrole nitrogens is 1. The van der Waals surface area contributed by atoms with Gasteiger partial charge in [0.2, 0.25) is 0 Å². The van der Waals surface area contributed by atoms with Crippen LogP contribution in [-0.4, -0.2) is 35.8 Å². The van der Waals surface area contributed by atoms with Crippen molar-refractivity contribution in [3.63, 3.8) is 0 Å². The van der Waals surface area contributed by atoms with Gasteiger partial charge in [0.25, 0.3) is 0 Å². The van der Waals surface area contributed by atoms with E-state index in [-0.39, 0.29) is 6.04 Å². The fraction of sp³-hybridized carbons (Fsp3) is 0.364. The Balaban J connectivity index is 1.57. The lowest BCUT2D eigenvalue weighted by molar-refractivity contribution is 0.469. The van der Waals surface area contributed by atoms with E-state index in [4.69, 9.17) is 9.97 Å². The Kier molecular flexibility index (Phi) is 3.69. The summed E-state index contributed by atoms with van der Waals surface area (Å²) >= 11 is 0. The maximum Gasteiger partial charge on any atom is 0.163 e. The molecule has 4 aromatic rings. The topological polar surface area (TPSA) is 75.5 Å². The maximum absolute atomic E-state index is 5.13. The van der Waals surface area contributed by atoms with E-state index < -0.39 is 0 Å². The average Bonchev–Trinajstić information content (AvgIpc) is 3.53. The predicted molar refractivity (Wildman–Crippen MR) is 112 cm³/mol. The highest BCUT2D eigenvalue weighted by atomic mass is 15.4. The van der Waals surface area contributed by atoms with Crippen molar-refractivity contribution in [2.75, 3.05) is 4.90 Å². The molecule has 1 fully saturated rings. The lowest BCUT2D eigenvalue weighted by atomic mass is 10.0. The third kappa shape index (κ3) is 2.43. The van der Waals surface area contributed by atoms with Crippen molar-refractivity contribution < 1.29 is 0 Å². The van der Waals surface area contributed by atoms with E-state index in [1.165, 1.54) is 31.1 Å². The van der Waals surface area contributed by atoms with E-state index in [1.807, 2.05) is 12.4 Å². The summed E-state index contributed by atoms with van der Waals surface area (Å²) in [6, 6.07) is 9.03. The van der Waals surface area contributed by atoms with Gasteiger partial charge in [0.05, 0.1) is 17.8 Å². The Labute approximate surface area is 168 Å². The second kappa shape index (κ2) is 6.40. The molecule has 4 heterocycles. The van der Waals surface area contributed by atoms with Gasteiger partial charge in [0, 0.05) is 23.2 Å². The van der Waals surface area contributed by atoms with Gasteiger partial charge in [-0.1, -0.05) is 31.9 Å².